The van der Waals surface area contributed by atoms with Crippen molar-refractivity contribution < 1.29 is 13.9 Å². The molecule has 2 unspecified atom stereocenters. The Labute approximate surface area is 98.4 Å². The summed E-state index contributed by atoms with van der Waals surface area (Å²) in [4.78, 5) is 2.01. The standard InChI is InChI=1S/C11H14FN3O2/c12-8-1-9(5-15(16)4-8)14-6-10-2-13-3-11(7-14)17-10/h1,4-5,10-11,13H,2-3,6-7H2. The van der Waals surface area contributed by atoms with Crippen molar-refractivity contribution in [1.29, 1.82) is 0 Å². The first-order valence-electron chi connectivity index (χ1n) is 5.71. The molecule has 6 heteroatoms. The van der Waals surface area contributed by atoms with E-state index in [2.05, 4.69) is 5.32 Å². The van der Waals surface area contributed by atoms with Gasteiger partial charge in [0.1, 0.15) is 5.69 Å². The van der Waals surface area contributed by atoms with E-state index >= 15 is 0 Å². The number of ether oxygens (including phenoxy) is 1. The number of hydrogen-bond acceptors (Lipinski definition) is 4. The number of anilines is 1. The maximum Gasteiger partial charge on any atom is 0.216 e. The van der Waals surface area contributed by atoms with Crippen LogP contribution in [0.25, 0.3) is 0 Å². The van der Waals surface area contributed by atoms with Crippen LogP contribution >= 0.6 is 0 Å². The second-order valence-corrected chi connectivity index (χ2v) is 4.52. The molecule has 1 aromatic rings. The Morgan fingerprint density at radius 2 is 2.06 bits per heavy atom. The Hall–Kier alpha value is -1.40. The fourth-order valence-electron chi connectivity index (χ4n) is 2.44. The van der Waals surface area contributed by atoms with Gasteiger partial charge in [-0.05, 0) is 0 Å². The quantitative estimate of drug-likeness (QED) is 0.537. The topological polar surface area (TPSA) is 51.4 Å². The molecule has 2 aliphatic heterocycles. The lowest BCUT2D eigenvalue weighted by atomic mass is 10.1. The normalized spacial score (nSPS) is 28.2. The highest BCUT2D eigenvalue weighted by atomic mass is 19.1. The Balaban J connectivity index is 1.83. The van der Waals surface area contributed by atoms with E-state index in [0.717, 1.165) is 19.3 Å². The van der Waals surface area contributed by atoms with Crippen molar-refractivity contribution in [2.24, 2.45) is 0 Å². The van der Waals surface area contributed by atoms with Crippen LogP contribution in [0.4, 0.5) is 10.1 Å². The van der Waals surface area contributed by atoms with Gasteiger partial charge in [-0.2, -0.15) is 4.73 Å². The molecule has 2 saturated heterocycles. The van der Waals surface area contributed by atoms with Crippen LogP contribution in [0.1, 0.15) is 0 Å². The number of nitrogens with one attached hydrogen (secondary N) is 1. The average Bonchev–Trinajstić information content (AvgIpc) is 2.27. The van der Waals surface area contributed by atoms with Crippen LogP contribution in [0, 0.1) is 11.0 Å². The summed E-state index contributed by atoms with van der Waals surface area (Å²) >= 11 is 0. The first kappa shape index (κ1) is 10.7. The third-order valence-electron chi connectivity index (χ3n) is 3.14. The third kappa shape index (κ3) is 2.18. The van der Waals surface area contributed by atoms with Crippen molar-refractivity contribution in [3.63, 3.8) is 0 Å². The lowest BCUT2D eigenvalue weighted by molar-refractivity contribution is -0.606. The SMILES string of the molecule is [O-][n+]1cc(F)cc(N2CC3CNCC(C2)O3)c1. The second kappa shape index (κ2) is 4.12. The van der Waals surface area contributed by atoms with Gasteiger partial charge in [0, 0.05) is 32.2 Å². The van der Waals surface area contributed by atoms with E-state index in [0.29, 0.717) is 23.5 Å². The fourth-order valence-corrected chi connectivity index (χ4v) is 2.44. The highest BCUT2D eigenvalue weighted by Gasteiger charge is 2.31. The predicted molar refractivity (Wildman–Crippen MR) is 59.1 cm³/mol. The monoisotopic (exact) mass is 239 g/mol. The molecule has 0 aliphatic carbocycles. The second-order valence-electron chi connectivity index (χ2n) is 4.52. The summed E-state index contributed by atoms with van der Waals surface area (Å²) in [5, 5.41) is 14.5. The molecular formula is C11H14FN3O2. The lowest BCUT2D eigenvalue weighted by Gasteiger charge is -2.42. The van der Waals surface area contributed by atoms with E-state index in [4.69, 9.17) is 4.74 Å². The fraction of sp³-hybridized carbons (Fsp3) is 0.545. The van der Waals surface area contributed by atoms with Crippen molar-refractivity contribution in [2.75, 3.05) is 31.1 Å². The van der Waals surface area contributed by atoms with Gasteiger partial charge in [0.25, 0.3) is 0 Å². The maximum atomic E-state index is 13.2. The van der Waals surface area contributed by atoms with Gasteiger partial charge in [0.05, 0.1) is 12.2 Å². The molecule has 2 aliphatic rings. The summed E-state index contributed by atoms with van der Waals surface area (Å²) < 4.78 is 19.4. The molecule has 2 atom stereocenters. The number of halogens is 1. The van der Waals surface area contributed by atoms with Crippen LogP contribution in [0.5, 0.6) is 0 Å². The smallest absolute Gasteiger partial charge is 0.216 e. The number of morpholine rings is 2. The molecular weight excluding hydrogens is 225 g/mol. The molecule has 5 nitrogen and oxygen atoms in total. The zero-order valence-corrected chi connectivity index (χ0v) is 9.30. The first-order valence-corrected chi connectivity index (χ1v) is 5.71. The summed E-state index contributed by atoms with van der Waals surface area (Å²) in [6, 6.07) is 1.39. The number of nitrogens with zero attached hydrogens (tertiary/aromatic N) is 2. The van der Waals surface area contributed by atoms with E-state index in [1.165, 1.54) is 12.3 Å². The number of aromatic nitrogens is 1. The van der Waals surface area contributed by atoms with Gasteiger partial charge in [-0.25, -0.2) is 4.39 Å². The van der Waals surface area contributed by atoms with Crippen LogP contribution in [-0.4, -0.2) is 38.4 Å². The summed E-state index contributed by atoms with van der Waals surface area (Å²) in [7, 11) is 0. The molecule has 0 radical (unpaired) electrons. The minimum atomic E-state index is -0.507. The molecule has 1 N–H and O–H groups in total. The number of hydrogen-bond donors (Lipinski definition) is 1. The molecule has 3 heterocycles. The van der Waals surface area contributed by atoms with E-state index in [9.17, 15) is 9.60 Å². The maximum absolute atomic E-state index is 13.2. The van der Waals surface area contributed by atoms with Crippen molar-refractivity contribution in [3.8, 4) is 0 Å². The molecule has 0 spiro atoms. The molecule has 92 valence electrons. The van der Waals surface area contributed by atoms with Crippen molar-refractivity contribution in [2.45, 2.75) is 12.2 Å². The van der Waals surface area contributed by atoms with Crippen molar-refractivity contribution >= 4 is 5.69 Å². The average molecular weight is 239 g/mol. The summed E-state index contributed by atoms with van der Waals surface area (Å²) in [5.41, 5.74) is 0.625. The first-order chi connectivity index (χ1) is 8.20. The van der Waals surface area contributed by atoms with Crippen LogP contribution < -0.4 is 14.9 Å². The van der Waals surface area contributed by atoms with Gasteiger partial charge in [0.2, 0.25) is 12.4 Å². The zero-order chi connectivity index (χ0) is 11.8. The summed E-state index contributed by atoms with van der Waals surface area (Å²) in [6.07, 6.45) is 2.56. The van der Waals surface area contributed by atoms with E-state index < -0.39 is 5.82 Å². The minimum absolute atomic E-state index is 0.117. The molecule has 3 rings (SSSR count). The zero-order valence-electron chi connectivity index (χ0n) is 9.30. The van der Waals surface area contributed by atoms with Crippen LogP contribution in [0.15, 0.2) is 18.5 Å². The molecule has 0 saturated carbocycles. The predicted octanol–water partition coefficient (Wildman–Crippen LogP) is -0.364. The van der Waals surface area contributed by atoms with Gasteiger partial charge < -0.3 is 20.2 Å². The highest BCUT2D eigenvalue weighted by Crippen LogP contribution is 2.21. The van der Waals surface area contributed by atoms with Crippen LogP contribution in [-0.2, 0) is 4.74 Å². The molecule has 2 fully saturated rings. The van der Waals surface area contributed by atoms with Gasteiger partial charge in [-0.15, -0.1) is 0 Å². The van der Waals surface area contributed by atoms with E-state index in [1.807, 2.05) is 4.90 Å². The minimum Gasteiger partial charge on any atom is -0.619 e. The van der Waals surface area contributed by atoms with Crippen molar-refractivity contribution in [3.05, 3.63) is 29.5 Å². The summed E-state index contributed by atoms with van der Waals surface area (Å²) in [6.45, 7) is 2.99. The van der Waals surface area contributed by atoms with Gasteiger partial charge in [-0.3, -0.25) is 0 Å². The Morgan fingerprint density at radius 1 is 1.35 bits per heavy atom. The van der Waals surface area contributed by atoms with E-state index in [-0.39, 0.29) is 12.2 Å². The Morgan fingerprint density at radius 3 is 2.71 bits per heavy atom. The Bertz CT molecular complexity index is 397. The largest absolute Gasteiger partial charge is 0.619 e. The van der Waals surface area contributed by atoms with Crippen LogP contribution in [0.2, 0.25) is 0 Å². The molecule has 17 heavy (non-hydrogen) atoms. The van der Waals surface area contributed by atoms with Crippen molar-refractivity contribution in [1.82, 2.24) is 5.32 Å². The highest BCUT2D eigenvalue weighted by molar-refractivity contribution is 5.43. The Kier molecular flexibility index (Phi) is 2.60. The number of pyridine rings is 1. The molecule has 1 aromatic heterocycles. The van der Waals surface area contributed by atoms with E-state index in [1.54, 1.807) is 0 Å². The lowest BCUT2D eigenvalue weighted by Crippen LogP contribution is -2.58. The molecule has 0 amide bonds. The summed E-state index contributed by atoms with van der Waals surface area (Å²) in [5.74, 6) is -0.507. The molecule has 0 aromatic carbocycles. The van der Waals surface area contributed by atoms with Gasteiger partial charge in [0.15, 0.2) is 5.82 Å². The third-order valence-corrected chi connectivity index (χ3v) is 3.14. The number of fused-ring (bicyclic) bond motifs is 2. The van der Waals surface area contributed by atoms with Gasteiger partial charge in [-0.1, -0.05) is 0 Å². The number of rotatable bonds is 1. The molecule has 2 bridgehead atoms. The van der Waals surface area contributed by atoms with Gasteiger partial charge >= 0.3 is 0 Å². The van der Waals surface area contributed by atoms with Crippen LogP contribution in [0.3, 0.4) is 0 Å².